The van der Waals surface area contributed by atoms with Gasteiger partial charge in [-0.05, 0) is 37.8 Å². The van der Waals surface area contributed by atoms with Crippen molar-refractivity contribution in [2.45, 2.75) is 32.2 Å². The minimum Gasteiger partial charge on any atom is -0.459 e. The average Bonchev–Trinajstić information content (AvgIpc) is 3.06. The van der Waals surface area contributed by atoms with Crippen LogP contribution < -0.4 is 5.32 Å². The molecule has 104 valence electrons. The predicted octanol–water partition coefficient (Wildman–Crippen LogP) is 3.97. The molecular formula is C17H19NO2. The highest BCUT2D eigenvalue weighted by atomic mass is 16.3. The molecule has 1 N–H and O–H groups in total. The van der Waals surface area contributed by atoms with Crippen LogP contribution in [-0.2, 0) is 4.79 Å². The van der Waals surface area contributed by atoms with Gasteiger partial charge in [0, 0.05) is 11.8 Å². The Labute approximate surface area is 118 Å². The molecule has 1 amide bonds. The molecule has 1 aliphatic rings. The van der Waals surface area contributed by atoms with Crippen LogP contribution in [0.2, 0.25) is 0 Å². The lowest BCUT2D eigenvalue weighted by atomic mass is 10.0. The van der Waals surface area contributed by atoms with Crippen LogP contribution in [0.3, 0.4) is 0 Å². The SMILES string of the molecule is C[C@@H](NC(=O)C[C@@H]1C=CCC1)c1cc2ccccc2o1. The number of fused-ring (bicyclic) bond motifs is 1. The van der Waals surface area contributed by atoms with E-state index in [0.717, 1.165) is 29.6 Å². The zero-order chi connectivity index (χ0) is 13.9. The first kappa shape index (κ1) is 13.0. The summed E-state index contributed by atoms with van der Waals surface area (Å²) in [6, 6.07) is 9.79. The summed E-state index contributed by atoms with van der Waals surface area (Å²) in [5.74, 6) is 1.30. The molecule has 3 rings (SSSR count). The van der Waals surface area contributed by atoms with Crippen molar-refractivity contribution in [3.8, 4) is 0 Å². The number of hydrogen-bond donors (Lipinski definition) is 1. The normalized spacial score (nSPS) is 19.4. The second-order valence-corrected chi connectivity index (χ2v) is 5.45. The molecule has 20 heavy (non-hydrogen) atoms. The molecule has 0 spiro atoms. The first-order valence-corrected chi connectivity index (χ1v) is 7.17. The Morgan fingerprint density at radius 2 is 2.30 bits per heavy atom. The summed E-state index contributed by atoms with van der Waals surface area (Å²) in [5, 5.41) is 4.09. The van der Waals surface area contributed by atoms with E-state index in [-0.39, 0.29) is 11.9 Å². The summed E-state index contributed by atoms with van der Waals surface area (Å²) >= 11 is 0. The van der Waals surface area contributed by atoms with Gasteiger partial charge in [-0.1, -0.05) is 30.4 Å². The van der Waals surface area contributed by atoms with Gasteiger partial charge in [0.25, 0.3) is 0 Å². The van der Waals surface area contributed by atoms with E-state index in [1.165, 1.54) is 0 Å². The molecule has 0 saturated heterocycles. The average molecular weight is 269 g/mol. The van der Waals surface area contributed by atoms with Crippen molar-refractivity contribution in [2.24, 2.45) is 5.92 Å². The maximum absolute atomic E-state index is 12.0. The van der Waals surface area contributed by atoms with E-state index in [1.54, 1.807) is 0 Å². The molecule has 3 heteroatoms. The van der Waals surface area contributed by atoms with E-state index in [0.29, 0.717) is 12.3 Å². The second kappa shape index (κ2) is 5.53. The Morgan fingerprint density at radius 1 is 1.45 bits per heavy atom. The number of para-hydroxylation sites is 1. The monoisotopic (exact) mass is 269 g/mol. The van der Waals surface area contributed by atoms with Gasteiger partial charge in [-0.25, -0.2) is 0 Å². The lowest BCUT2D eigenvalue weighted by Gasteiger charge is -2.13. The second-order valence-electron chi connectivity index (χ2n) is 5.45. The first-order valence-electron chi connectivity index (χ1n) is 7.17. The minimum atomic E-state index is -0.0970. The molecule has 0 aliphatic heterocycles. The quantitative estimate of drug-likeness (QED) is 0.853. The number of hydrogen-bond acceptors (Lipinski definition) is 2. The van der Waals surface area contributed by atoms with Crippen LogP contribution in [0.15, 0.2) is 46.9 Å². The van der Waals surface area contributed by atoms with Crippen molar-refractivity contribution < 1.29 is 9.21 Å². The smallest absolute Gasteiger partial charge is 0.221 e. The standard InChI is InChI=1S/C17H19NO2/c1-12(18-17(19)10-13-6-2-3-7-13)16-11-14-8-4-5-9-15(14)20-16/h2,4-6,8-9,11-13H,3,7,10H2,1H3,(H,18,19)/t12-,13-/m1/s1. The van der Waals surface area contributed by atoms with Crippen LogP contribution in [0.4, 0.5) is 0 Å². The van der Waals surface area contributed by atoms with Gasteiger partial charge in [0.2, 0.25) is 5.91 Å². The maximum Gasteiger partial charge on any atom is 0.221 e. The molecule has 2 aromatic rings. The van der Waals surface area contributed by atoms with Crippen molar-refractivity contribution in [1.29, 1.82) is 0 Å². The van der Waals surface area contributed by atoms with Crippen molar-refractivity contribution in [3.63, 3.8) is 0 Å². The van der Waals surface area contributed by atoms with Crippen LogP contribution in [0, 0.1) is 5.92 Å². The van der Waals surface area contributed by atoms with E-state index in [2.05, 4.69) is 17.5 Å². The minimum absolute atomic E-state index is 0.0921. The van der Waals surface area contributed by atoms with E-state index in [1.807, 2.05) is 37.3 Å². The molecule has 2 atom stereocenters. The fourth-order valence-electron chi connectivity index (χ4n) is 2.69. The van der Waals surface area contributed by atoms with Crippen molar-refractivity contribution in [3.05, 3.63) is 48.2 Å². The summed E-state index contributed by atoms with van der Waals surface area (Å²) < 4.78 is 5.77. The molecule has 1 aromatic carbocycles. The summed E-state index contributed by atoms with van der Waals surface area (Å²) in [6.45, 7) is 1.96. The zero-order valence-corrected chi connectivity index (χ0v) is 11.6. The summed E-state index contributed by atoms with van der Waals surface area (Å²) in [5.41, 5.74) is 0.863. The van der Waals surface area contributed by atoms with E-state index >= 15 is 0 Å². The third kappa shape index (κ3) is 2.77. The van der Waals surface area contributed by atoms with E-state index < -0.39 is 0 Å². The number of rotatable bonds is 4. The van der Waals surface area contributed by atoms with Crippen LogP contribution in [0.1, 0.15) is 38.0 Å². The van der Waals surface area contributed by atoms with Crippen LogP contribution >= 0.6 is 0 Å². The zero-order valence-electron chi connectivity index (χ0n) is 11.6. The molecule has 0 fully saturated rings. The Hall–Kier alpha value is -2.03. The third-order valence-electron chi connectivity index (χ3n) is 3.81. The number of benzene rings is 1. The fourth-order valence-corrected chi connectivity index (χ4v) is 2.69. The van der Waals surface area contributed by atoms with Gasteiger partial charge >= 0.3 is 0 Å². The molecular weight excluding hydrogens is 250 g/mol. The first-order chi connectivity index (χ1) is 9.72. The molecule has 0 unspecified atom stereocenters. The van der Waals surface area contributed by atoms with Gasteiger partial charge in [-0.15, -0.1) is 0 Å². The lowest BCUT2D eigenvalue weighted by molar-refractivity contribution is -0.122. The third-order valence-corrected chi connectivity index (χ3v) is 3.81. The van der Waals surface area contributed by atoms with Gasteiger partial charge in [-0.2, -0.15) is 0 Å². The van der Waals surface area contributed by atoms with Gasteiger partial charge < -0.3 is 9.73 Å². The number of allylic oxidation sites excluding steroid dienone is 2. The Kier molecular flexibility index (Phi) is 3.59. The number of amides is 1. The van der Waals surface area contributed by atoms with Gasteiger partial charge in [0.15, 0.2) is 0 Å². The number of furan rings is 1. The maximum atomic E-state index is 12.0. The molecule has 0 radical (unpaired) electrons. The van der Waals surface area contributed by atoms with Gasteiger partial charge in [0.1, 0.15) is 11.3 Å². The molecule has 3 nitrogen and oxygen atoms in total. The largest absolute Gasteiger partial charge is 0.459 e. The van der Waals surface area contributed by atoms with Gasteiger partial charge in [-0.3, -0.25) is 4.79 Å². The van der Waals surface area contributed by atoms with Crippen molar-refractivity contribution >= 4 is 16.9 Å². The Bertz CT molecular complexity index is 608. The van der Waals surface area contributed by atoms with E-state index in [9.17, 15) is 4.79 Å². The van der Waals surface area contributed by atoms with Gasteiger partial charge in [0.05, 0.1) is 6.04 Å². The molecule has 1 heterocycles. The number of carbonyl (C=O) groups is 1. The summed E-state index contributed by atoms with van der Waals surface area (Å²) in [7, 11) is 0. The topological polar surface area (TPSA) is 42.2 Å². The molecule has 0 bridgehead atoms. The van der Waals surface area contributed by atoms with Crippen molar-refractivity contribution in [1.82, 2.24) is 5.32 Å². The number of nitrogens with one attached hydrogen (secondary N) is 1. The highest BCUT2D eigenvalue weighted by Crippen LogP contribution is 2.24. The summed E-state index contributed by atoms with van der Waals surface area (Å²) in [4.78, 5) is 12.0. The molecule has 0 saturated carbocycles. The van der Waals surface area contributed by atoms with Crippen molar-refractivity contribution in [2.75, 3.05) is 0 Å². The van der Waals surface area contributed by atoms with E-state index in [4.69, 9.17) is 4.42 Å². The number of carbonyl (C=O) groups excluding carboxylic acids is 1. The van der Waals surface area contributed by atoms with Crippen LogP contribution in [-0.4, -0.2) is 5.91 Å². The van der Waals surface area contributed by atoms with Crippen LogP contribution in [0.5, 0.6) is 0 Å². The van der Waals surface area contributed by atoms with Crippen LogP contribution in [0.25, 0.3) is 11.0 Å². The molecule has 1 aromatic heterocycles. The Balaban J connectivity index is 1.64. The highest BCUT2D eigenvalue weighted by Gasteiger charge is 2.18. The fraction of sp³-hybridized carbons (Fsp3) is 0.353. The highest BCUT2D eigenvalue weighted by molar-refractivity contribution is 5.79. The Morgan fingerprint density at radius 3 is 3.05 bits per heavy atom. The lowest BCUT2D eigenvalue weighted by Crippen LogP contribution is -2.27. The summed E-state index contributed by atoms with van der Waals surface area (Å²) in [6.07, 6.45) is 7.05. The predicted molar refractivity (Wildman–Crippen MR) is 79.3 cm³/mol. The molecule has 1 aliphatic carbocycles.